The molecule has 2 nitrogen and oxygen atoms in total. The summed E-state index contributed by atoms with van der Waals surface area (Å²) < 4.78 is 0. The fourth-order valence-electron chi connectivity index (χ4n) is 2.89. The molecule has 14 heavy (non-hydrogen) atoms. The minimum Gasteiger partial charge on any atom is -0.327 e. The van der Waals surface area contributed by atoms with E-state index in [0.717, 1.165) is 11.8 Å². The van der Waals surface area contributed by atoms with E-state index < -0.39 is 0 Å². The highest BCUT2D eigenvalue weighted by molar-refractivity contribution is 4.87. The van der Waals surface area contributed by atoms with Gasteiger partial charge in [-0.05, 0) is 51.1 Å². The van der Waals surface area contributed by atoms with Crippen LogP contribution in [0.15, 0.2) is 0 Å². The van der Waals surface area contributed by atoms with Crippen LogP contribution in [-0.4, -0.2) is 31.1 Å². The molecule has 0 radical (unpaired) electrons. The number of hydrogen-bond acceptors (Lipinski definition) is 2. The van der Waals surface area contributed by atoms with Gasteiger partial charge in [0.05, 0.1) is 0 Å². The molecule has 82 valence electrons. The highest BCUT2D eigenvalue weighted by Crippen LogP contribution is 2.33. The standard InChI is InChI=1S/C12H24N2/c1-14-8-3-2-5-11(9-14)12(13)10-6-4-7-10/h10-12H,2-9,13H2,1H3. The molecule has 1 aliphatic heterocycles. The highest BCUT2D eigenvalue weighted by Gasteiger charge is 2.31. The first-order valence-corrected chi connectivity index (χ1v) is 6.21. The zero-order valence-corrected chi connectivity index (χ0v) is 9.41. The summed E-state index contributed by atoms with van der Waals surface area (Å²) in [4.78, 5) is 2.47. The van der Waals surface area contributed by atoms with Crippen molar-refractivity contribution in [3.05, 3.63) is 0 Å². The van der Waals surface area contributed by atoms with E-state index in [1.54, 1.807) is 0 Å². The largest absolute Gasteiger partial charge is 0.327 e. The molecule has 0 aromatic carbocycles. The minimum absolute atomic E-state index is 0.490. The Balaban J connectivity index is 1.87. The number of likely N-dealkylation sites (tertiary alicyclic amines) is 1. The molecule has 0 amide bonds. The van der Waals surface area contributed by atoms with E-state index in [9.17, 15) is 0 Å². The molecule has 0 aromatic heterocycles. The lowest BCUT2D eigenvalue weighted by Crippen LogP contribution is -2.44. The Labute approximate surface area is 87.8 Å². The first-order chi connectivity index (χ1) is 6.77. The van der Waals surface area contributed by atoms with Crippen molar-refractivity contribution in [1.82, 2.24) is 4.90 Å². The summed E-state index contributed by atoms with van der Waals surface area (Å²) in [6.45, 7) is 2.51. The van der Waals surface area contributed by atoms with Crippen molar-refractivity contribution in [2.24, 2.45) is 17.6 Å². The van der Waals surface area contributed by atoms with Crippen molar-refractivity contribution in [3.8, 4) is 0 Å². The molecule has 1 saturated carbocycles. The zero-order valence-electron chi connectivity index (χ0n) is 9.41. The van der Waals surface area contributed by atoms with Gasteiger partial charge in [0, 0.05) is 12.6 Å². The maximum Gasteiger partial charge on any atom is 0.0108 e. The van der Waals surface area contributed by atoms with Gasteiger partial charge in [0.25, 0.3) is 0 Å². The average molecular weight is 196 g/mol. The van der Waals surface area contributed by atoms with Crippen molar-refractivity contribution in [2.45, 2.75) is 44.6 Å². The molecular formula is C12H24N2. The van der Waals surface area contributed by atoms with Gasteiger partial charge in [0.2, 0.25) is 0 Å². The lowest BCUT2D eigenvalue weighted by atomic mass is 9.74. The zero-order chi connectivity index (χ0) is 9.97. The van der Waals surface area contributed by atoms with Crippen LogP contribution in [0.1, 0.15) is 38.5 Å². The van der Waals surface area contributed by atoms with E-state index in [2.05, 4.69) is 11.9 Å². The molecule has 2 aliphatic rings. The van der Waals surface area contributed by atoms with Gasteiger partial charge >= 0.3 is 0 Å². The van der Waals surface area contributed by atoms with Crippen LogP contribution in [0.2, 0.25) is 0 Å². The van der Waals surface area contributed by atoms with Crippen LogP contribution in [0.25, 0.3) is 0 Å². The van der Waals surface area contributed by atoms with Crippen LogP contribution >= 0.6 is 0 Å². The molecule has 2 unspecified atom stereocenters. The summed E-state index contributed by atoms with van der Waals surface area (Å²) in [5.74, 6) is 1.62. The number of nitrogens with two attached hydrogens (primary N) is 1. The molecule has 1 aliphatic carbocycles. The van der Waals surface area contributed by atoms with Crippen molar-refractivity contribution in [2.75, 3.05) is 20.1 Å². The van der Waals surface area contributed by atoms with Gasteiger partial charge in [0.1, 0.15) is 0 Å². The summed E-state index contributed by atoms with van der Waals surface area (Å²) >= 11 is 0. The lowest BCUT2D eigenvalue weighted by molar-refractivity contribution is 0.176. The number of hydrogen-bond donors (Lipinski definition) is 1. The lowest BCUT2D eigenvalue weighted by Gasteiger charge is -2.37. The topological polar surface area (TPSA) is 29.3 Å². The smallest absolute Gasteiger partial charge is 0.0108 e. The molecule has 0 bridgehead atoms. The van der Waals surface area contributed by atoms with Crippen LogP contribution in [0.4, 0.5) is 0 Å². The molecule has 1 saturated heterocycles. The van der Waals surface area contributed by atoms with Gasteiger partial charge in [-0.15, -0.1) is 0 Å². The molecule has 2 atom stereocenters. The molecule has 0 spiro atoms. The van der Waals surface area contributed by atoms with E-state index in [4.69, 9.17) is 5.73 Å². The average Bonchev–Trinajstić information content (AvgIpc) is 2.26. The monoisotopic (exact) mass is 196 g/mol. The molecule has 0 aromatic rings. The fraction of sp³-hybridized carbons (Fsp3) is 1.00. The summed E-state index contributed by atoms with van der Waals surface area (Å²) in [7, 11) is 2.24. The summed E-state index contributed by atoms with van der Waals surface area (Å²) in [5, 5.41) is 0. The first-order valence-electron chi connectivity index (χ1n) is 6.21. The third-order valence-corrected chi connectivity index (χ3v) is 4.15. The number of rotatable bonds is 2. The summed E-state index contributed by atoms with van der Waals surface area (Å²) in [6, 6.07) is 0.490. The Hall–Kier alpha value is -0.0800. The van der Waals surface area contributed by atoms with Crippen LogP contribution in [-0.2, 0) is 0 Å². The van der Waals surface area contributed by atoms with Crippen molar-refractivity contribution in [1.29, 1.82) is 0 Å². The molecular weight excluding hydrogens is 172 g/mol. The Morgan fingerprint density at radius 1 is 1.07 bits per heavy atom. The summed E-state index contributed by atoms with van der Waals surface area (Å²) in [6.07, 6.45) is 8.31. The second-order valence-electron chi connectivity index (χ2n) is 5.29. The Bertz CT molecular complexity index is 177. The van der Waals surface area contributed by atoms with E-state index in [0.29, 0.717) is 6.04 Å². The van der Waals surface area contributed by atoms with Crippen molar-refractivity contribution < 1.29 is 0 Å². The molecule has 1 heterocycles. The van der Waals surface area contributed by atoms with E-state index in [-0.39, 0.29) is 0 Å². The third-order valence-electron chi connectivity index (χ3n) is 4.15. The predicted octanol–water partition coefficient (Wildman–Crippen LogP) is 1.85. The van der Waals surface area contributed by atoms with Crippen LogP contribution in [0, 0.1) is 11.8 Å². The third kappa shape index (κ3) is 2.29. The van der Waals surface area contributed by atoms with Crippen LogP contribution in [0.5, 0.6) is 0 Å². The van der Waals surface area contributed by atoms with Crippen molar-refractivity contribution >= 4 is 0 Å². The maximum absolute atomic E-state index is 6.36. The normalized spacial score (nSPS) is 33.4. The van der Waals surface area contributed by atoms with E-state index in [1.807, 2.05) is 0 Å². The second kappa shape index (κ2) is 4.63. The fourth-order valence-corrected chi connectivity index (χ4v) is 2.89. The van der Waals surface area contributed by atoms with Gasteiger partial charge in [-0.1, -0.05) is 12.8 Å². The van der Waals surface area contributed by atoms with Gasteiger partial charge in [0.15, 0.2) is 0 Å². The van der Waals surface area contributed by atoms with Crippen molar-refractivity contribution in [3.63, 3.8) is 0 Å². The minimum atomic E-state index is 0.490. The van der Waals surface area contributed by atoms with Crippen LogP contribution in [0.3, 0.4) is 0 Å². The summed E-state index contributed by atoms with van der Waals surface area (Å²) in [5.41, 5.74) is 6.36. The van der Waals surface area contributed by atoms with Gasteiger partial charge in [-0.3, -0.25) is 0 Å². The van der Waals surface area contributed by atoms with Gasteiger partial charge in [-0.2, -0.15) is 0 Å². The predicted molar refractivity (Wildman–Crippen MR) is 60.2 cm³/mol. The maximum atomic E-state index is 6.36. The quantitative estimate of drug-likeness (QED) is 0.730. The Morgan fingerprint density at radius 3 is 2.43 bits per heavy atom. The highest BCUT2D eigenvalue weighted by atomic mass is 15.1. The van der Waals surface area contributed by atoms with Crippen LogP contribution < -0.4 is 5.73 Å². The molecule has 2 rings (SSSR count). The Kier molecular flexibility index (Phi) is 3.45. The van der Waals surface area contributed by atoms with E-state index in [1.165, 1.54) is 51.6 Å². The first kappa shape index (κ1) is 10.4. The molecule has 2 heteroatoms. The molecule has 2 fully saturated rings. The second-order valence-corrected chi connectivity index (χ2v) is 5.29. The van der Waals surface area contributed by atoms with Gasteiger partial charge in [-0.25, -0.2) is 0 Å². The van der Waals surface area contributed by atoms with Gasteiger partial charge < -0.3 is 10.6 Å². The van der Waals surface area contributed by atoms with E-state index >= 15 is 0 Å². The Morgan fingerprint density at radius 2 is 1.79 bits per heavy atom. The SMILES string of the molecule is CN1CCCCC(C(N)C2CCC2)C1. The number of nitrogens with zero attached hydrogens (tertiary/aromatic N) is 1. The molecule has 2 N–H and O–H groups in total.